The van der Waals surface area contributed by atoms with Crippen molar-refractivity contribution >= 4 is 11.8 Å². The molecule has 0 saturated carbocycles. The average molecular weight is 238 g/mol. The molecule has 0 aliphatic carbocycles. The first-order chi connectivity index (χ1) is 7.99. The molecule has 0 bridgehead atoms. The van der Waals surface area contributed by atoms with E-state index in [1.807, 2.05) is 6.92 Å². The van der Waals surface area contributed by atoms with Crippen molar-refractivity contribution in [3.63, 3.8) is 0 Å². The predicted molar refractivity (Wildman–Crippen MR) is 62.7 cm³/mol. The van der Waals surface area contributed by atoms with Crippen molar-refractivity contribution in [3.05, 3.63) is 17.5 Å². The average Bonchev–Trinajstić information content (AvgIpc) is 2.69. The highest BCUT2D eigenvalue weighted by atomic mass is 16.5. The molecule has 0 N–H and O–H groups in total. The number of methoxy groups -OCH3 is 1. The molecule has 5 heteroatoms. The van der Waals surface area contributed by atoms with Crippen LogP contribution in [0.4, 0.5) is 0 Å². The summed E-state index contributed by atoms with van der Waals surface area (Å²) in [6, 6.07) is 0. The van der Waals surface area contributed by atoms with Crippen LogP contribution in [-0.4, -0.2) is 28.6 Å². The van der Waals surface area contributed by atoms with E-state index in [0.29, 0.717) is 12.0 Å². The van der Waals surface area contributed by atoms with Crippen molar-refractivity contribution in [2.75, 3.05) is 7.11 Å². The fourth-order valence-electron chi connectivity index (χ4n) is 1.69. The smallest absolute Gasteiger partial charge is 0.306 e. The lowest BCUT2D eigenvalue weighted by Crippen LogP contribution is -2.17. The number of ether oxygens (including phenoxy) is 1. The van der Waals surface area contributed by atoms with E-state index < -0.39 is 0 Å². The minimum Gasteiger partial charge on any atom is -0.469 e. The van der Waals surface area contributed by atoms with Gasteiger partial charge in [0, 0.05) is 19.2 Å². The van der Waals surface area contributed by atoms with E-state index in [0.717, 1.165) is 5.69 Å². The Labute approximate surface area is 101 Å². The van der Waals surface area contributed by atoms with Crippen LogP contribution in [0.15, 0.2) is 6.20 Å². The van der Waals surface area contributed by atoms with Crippen molar-refractivity contribution in [2.45, 2.75) is 26.7 Å². The Kier molecular flexibility index (Phi) is 4.43. The normalized spacial score (nSPS) is 12.2. The molecule has 0 aliphatic heterocycles. The Balaban J connectivity index is 2.84. The van der Waals surface area contributed by atoms with Gasteiger partial charge < -0.3 is 4.74 Å². The third kappa shape index (κ3) is 3.15. The van der Waals surface area contributed by atoms with Crippen LogP contribution in [0.1, 0.15) is 36.3 Å². The van der Waals surface area contributed by atoms with Gasteiger partial charge in [0.25, 0.3) is 0 Å². The molecular formula is C12H18N2O3. The summed E-state index contributed by atoms with van der Waals surface area (Å²) in [6.07, 6.45) is 2.51. The Morgan fingerprint density at radius 3 is 2.71 bits per heavy atom. The highest BCUT2D eigenvalue weighted by molar-refractivity contribution is 5.99. The monoisotopic (exact) mass is 238 g/mol. The maximum absolute atomic E-state index is 12.1. The van der Waals surface area contributed by atoms with Crippen molar-refractivity contribution in [2.24, 2.45) is 13.0 Å². The Bertz CT molecular complexity index is 423. The van der Waals surface area contributed by atoms with E-state index in [2.05, 4.69) is 9.84 Å². The van der Waals surface area contributed by atoms with E-state index in [4.69, 9.17) is 0 Å². The number of ketones is 1. The minimum absolute atomic E-state index is 0.0552. The van der Waals surface area contributed by atoms with Gasteiger partial charge in [0.15, 0.2) is 5.78 Å². The second kappa shape index (κ2) is 5.61. The molecule has 0 saturated heterocycles. The summed E-state index contributed by atoms with van der Waals surface area (Å²) in [4.78, 5) is 23.3. The van der Waals surface area contributed by atoms with Crippen molar-refractivity contribution in [3.8, 4) is 0 Å². The van der Waals surface area contributed by atoms with Crippen molar-refractivity contribution < 1.29 is 14.3 Å². The summed E-state index contributed by atoms with van der Waals surface area (Å²) in [5, 5.41) is 4.21. The first-order valence-corrected chi connectivity index (χ1v) is 5.63. The van der Waals surface area contributed by atoms with Crippen molar-refractivity contribution in [1.29, 1.82) is 0 Å². The summed E-state index contributed by atoms with van der Waals surface area (Å²) < 4.78 is 6.18. The van der Waals surface area contributed by atoms with E-state index in [-0.39, 0.29) is 24.1 Å². The Morgan fingerprint density at radius 1 is 1.53 bits per heavy atom. The van der Waals surface area contributed by atoms with E-state index in [1.165, 1.54) is 7.11 Å². The van der Waals surface area contributed by atoms with Crippen LogP contribution in [0.25, 0.3) is 0 Å². The van der Waals surface area contributed by atoms with Crippen LogP contribution < -0.4 is 0 Å². The summed E-state index contributed by atoms with van der Waals surface area (Å²) in [5.41, 5.74) is 1.38. The molecule has 17 heavy (non-hydrogen) atoms. The number of rotatable bonds is 5. The van der Waals surface area contributed by atoms with Gasteiger partial charge in [-0.05, 0) is 6.42 Å². The van der Waals surface area contributed by atoms with Gasteiger partial charge in [-0.25, -0.2) is 0 Å². The lowest BCUT2D eigenvalue weighted by molar-refractivity contribution is -0.141. The maximum atomic E-state index is 12.1. The molecule has 0 spiro atoms. The number of aromatic nitrogens is 2. The number of esters is 1. The molecule has 1 atom stereocenters. The first-order valence-electron chi connectivity index (χ1n) is 5.63. The second-order valence-electron chi connectivity index (χ2n) is 4.06. The Morgan fingerprint density at radius 2 is 2.18 bits per heavy atom. The molecule has 0 fully saturated rings. The van der Waals surface area contributed by atoms with Crippen molar-refractivity contribution in [1.82, 2.24) is 9.78 Å². The minimum atomic E-state index is -0.378. The van der Waals surface area contributed by atoms with Gasteiger partial charge in [-0.3, -0.25) is 14.3 Å². The molecular weight excluding hydrogens is 220 g/mol. The fraction of sp³-hybridized carbons (Fsp3) is 0.583. The number of hydrogen-bond acceptors (Lipinski definition) is 4. The Hall–Kier alpha value is -1.65. The molecule has 0 amide bonds. The van der Waals surface area contributed by atoms with Gasteiger partial charge in [-0.1, -0.05) is 13.8 Å². The number of aryl methyl sites for hydroxylation is 2. The lowest BCUT2D eigenvalue weighted by Gasteiger charge is -2.08. The number of nitrogens with zero attached hydrogens (tertiary/aromatic N) is 2. The molecule has 0 radical (unpaired) electrons. The van der Waals surface area contributed by atoms with Gasteiger partial charge in [0.1, 0.15) is 0 Å². The van der Waals surface area contributed by atoms with Crippen LogP contribution in [0, 0.1) is 5.92 Å². The molecule has 0 aromatic carbocycles. The van der Waals surface area contributed by atoms with Crippen LogP contribution >= 0.6 is 0 Å². The fourth-order valence-corrected chi connectivity index (χ4v) is 1.69. The predicted octanol–water partition coefficient (Wildman–Crippen LogP) is 1.36. The van der Waals surface area contributed by atoms with Crippen LogP contribution in [0.3, 0.4) is 0 Å². The third-order valence-corrected chi connectivity index (χ3v) is 2.65. The maximum Gasteiger partial charge on any atom is 0.306 e. The SMILES string of the molecule is CCc1nn(C)cc1C(=O)C(C)CC(=O)OC. The zero-order chi connectivity index (χ0) is 13.0. The standard InChI is InChI=1S/C12H18N2O3/c1-5-10-9(7-14(3)13-10)12(16)8(2)6-11(15)17-4/h7-8H,5-6H2,1-4H3. The van der Waals surface area contributed by atoms with Gasteiger partial charge in [0.05, 0.1) is 24.8 Å². The number of hydrogen-bond donors (Lipinski definition) is 0. The van der Waals surface area contributed by atoms with E-state index in [9.17, 15) is 9.59 Å². The zero-order valence-corrected chi connectivity index (χ0v) is 10.7. The highest BCUT2D eigenvalue weighted by Crippen LogP contribution is 2.16. The molecule has 1 rings (SSSR count). The second-order valence-corrected chi connectivity index (χ2v) is 4.06. The summed E-state index contributed by atoms with van der Waals surface area (Å²) in [7, 11) is 3.10. The lowest BCUT2D eigenvalue weighted by atomic mass is 9.96. The molecule has 1 unspecified atom stereocenters. The number of carbonyl (C=O) groups is 2. The topological polar surface area (TPSA) is 61.2 Å². The molecule has 1 aromatic rings. The molecule has 1 aromatic heterocycles. The van der Waals surface area contributed by atoms with Crippen LogP contribution in [0.2, 0.25) is 0 Å². The van der Waals surface area contributed by atoms with Gasteiger partial charge in [-0.15, -0.1) is 0 Å². The molecule has 0 aliphatic rings. The molecule has 5 nitrogen and oxygen atoms in total. The largest absolute Gasteiger partial charge is 0.469 e. The van der Waals surface area contributed by atoms with Gasteiger partial charge >= 0.3 is 5.97 Å². The molecule has 1 heterocycles. The van der Waals surface area contributed by atoms with Gasteiger partial charge in [-0.2, -0.15) is 5.10 Å². The summed E-state index contributed by atoms with van der Waals surface area (Å²) >= 11 is 0. The summed E-state index contributed by atoms with van der Waals surface area (Å²) in [6.45, 7) is 3.68. The van der Waals surface area contributed by atoms with E-state index in [1.54, 1.807) is 24.9 Å². The van der Waals surface area contributed by atoms with Gasteiger partial charge in [0.2, 0.25) is 0 Å². The summed E-state index contributed by atoms with van der Waals surface area (Å²) in [5.74, 6) is -0.801. The van der Waals surface area contributed by atoms with Crippen LogP contribution in [0.5, 0.6) is 0 Å². The number of carbonyl (C=O) groups excluding carboxylic acids is 2. The zero-order valence-electron chi connectivity index (χ0n) is 10.7. The quantitative estimate of drug-likeness (QED) is 0.574. The first kappa shape index (κ1) is 13.4. The third-order valence-electron chi connectivity index (χ3n) is 2.65. The van der Waals surface area contributed by atoms with E-state index >= 15 is 0 Å². The van der Waals surface area contributed by atoms with Crippen LogP contribution in [-0.2, 0) is 23.0 Å². The number of Topliss-reactive ketones (excluding diaryl/α,β-unsaturated/α-hetero) is 1. The highest BCUT2D eigenvalue weighted by Gasteiger charge is 2.22. The molecule has 94 valence electrons.